The van der Waals surface area contributed by atoms with Gasteiger partial charge >= 0.3 is 0 Å². The Labute approximate surface area is 72.6 Å². The van der Waals surface area contributed by atoms with Crippen molar-refractivity contribution < 1.29 is 4.74 Å². The smallest absolute Gasteiger partial charge is 0.213 e. The maximum absolute atomic E-state index is 5.80. The number of rotatable bonds is 3. The molecule has 66 valence electrons. The third-order valence-corrected chi connectivity index (χ3v) is 1.77. The Bertz CT molecular complexity index is 250. The summed E-state index contributed by atoms with van der Waals surface area (Å²) in [6.07, 6.45) is 0.889. The molecule has 3 nitrogen and oxygen atoms in total. The zero-order chi connectivity index (χ0) is 8.97. The SMILES string of the molecule is CC[C@H](N)c1cccc(OC)n1. The van der Waals surface area contributed by atoms with Crippen LogP contribution in [-0.4, -0.2) is 12.1 Å². The molecule has 0 radical (unpaired) electrons. The monoisotopic (exact) mass is 166 g/mol. The van der Waals surface area contributed by atoms with Gasteiger partial charge in [0.15, 0.2) is 0 Å². The van der Waals surface area contributed by atoms with Gasteiger partial charge in [0.25, 0.3) is 0 Å². The number of nitrogens with two attached hydrogens (primary N) is 1. The highest BCUT2D eigenvalue weighted by molar-refractivity contribution is 5.17. The number of ether oxygens (including phenoxy) is 1. The van der Waals surface area contributed by atoms with Gasteiger partial charge in [0.2, 0.25) is 5.88 Å². The zero-order valence-electron chi connectivity index (χ0n) is 7.45. The molecule has 0 aliphatic carbocycles. The lowest BCUT2D eigenvalue weighted by molar-refractivity contribution is 0.394. The van der Waals surface area contributed by atoms with E-state index in [4.69, 9.17) is 10.5 Å². The van der Waals surface area contributed by atoms with Crippen LogP contribution >= 0.6 is 0 Å². The van der Waals surface area contributed by atoms with E-state index < -0.39 is 0 Å². The third kappa shape index (κ3) is 1.95. The van der Waals surface area contributed by atoms with E-state index in [1.54, 1.807) is 7.11 Å². The molecule has 0 unspecified atom stereocenters. The van der Waals surface area contributed by atoms with Crippen LogP contribution < -0.4 is 10.5 Å². The fourth-order valence-corrected chi connectivity index (χ4v) is 0.960. The second-order valence-electron chi connectivity index (χ2n) is 2.62. The number of hydrogen-bond acceptors (Lipinski definition) is 3. The standard InChI is InChI=1S/C9H14N2O/c1-3-7(10)8-5-4-6-9(11-8)12-2/h4-7H,3,10H2,1-2H3/t7-/m0/s1. The topological polar surface area (TPSA) is 48.1 Å². The molecular weight excluding hydrogens is 152 g/mol. The maximum Gasteiger partial charge on any atom is 0.213 e. The summed E-state index contributed by atoms with van der Waals surface area (Å²) in [4.78, 5) is 4.21. The molecular formula is C9H14N2O. The molecule has 12 heavy (non-hydrogen) atoms. The lowest BCUT2D eigenvalue weighted by Gasteiger charge is -2.08. The number of hydrogen-bond donors (Lipinski definition) is 1. The molecule has 1 rings (SSSR count). The summed E-state index contributed by atoms with van der Waals surface area (Å²) in [5.74, 6) is 0.622. The Morgan fingerprint density at radius 1 is 1.58 bits per heavy atom. The summed E-state index contributed by atoms with van der Waals surface area (Å²) in [6, 6.07) is 5.64. The van der Waals surface area contributed by atoms with Crippen LogP contribution in [0.15, 0.2) is 18.2 Å². The van der Waals surface area contributed by atoms with Gasteiger partial charge < -0.3 is 10.5 Å². The van der Waals surface area contributed by atoms with Gasteiger partial charge in [-0.05, 0) is 12.5 Å². The Kier molecular flexibility index (Phi) is 3.05. The molecule has 0 fully saturated rings. The van der Waals surface area contributed by atoms with Crippen molar-refractivity contribution in [3.63, 3.8) is 0 Å². The lowest BCUT2D eigenvalue weighted by Crippen LogP contribution is -2.10. The minimum atomic E-state index is 0.0140. The first-order chi connectivity index (χ1) is 5.77. The molecule has 1 aromatic heterocycles. The van der Waals surface area contributed by atoms with Gasteiger partial charge in [-0.2, -0.15) is 0 Å². The molecule has 3 heteroatoms. The van der Waals surface area contributed by atoms with E-state index in [0.717, 1.165) is 12.1 Å². The lowest BCUT2D eigenvalue weighted by atomic mass is 10.1. The predicted octanol–water partition coefficient (Wildman–Crippen LogP) is 1.50. The normalized spacial score (nSPS) is 12.6. The predicted molar refractivity (Wildman–Crippen MR) is 48.0 cm³/mol. The fourth-order valence-electron chi connectivity index (χ4n) is 0.960. The van der Waals surface area contributed by atoms with Crippen molar-refractivity contribution in [2.75, 3.05) is 7.11 Å². The van der Waals surface area contributed by atoms with Crippen LogP contribution in [0, 0.1) is 0 Å². The van der Waals surface area contributed by atoms with Crippen LogP contribution in [0.2, 0.25) is 0 Å². The van der Waals surface area contributed by atoms with E-state index in [1.807, 2.05) is 25.1 Å². The highest BCUT2D eigenvalue weighted by atomic mass is 16.5. The Morgan fingerprint density at radius 2 is 2.33 bits per heavy atom. The van der Waals surface area contributed by atoms with E-state index in [0.29, 0.717) is 5.88 Å². The minimum absolute atomic E-state index is 0.0140. The van der Waals surface area contributed by atoms with E-state index in [9.17, 15) is 0 Å². The summed E-state index contributed by atoms with van der Waals surface area (Å²) in [5, 5.41) is 0. The van der Waals surface area contributed by atoms with E-state index in [2.05, 4.69) is 4.98 Å². The number of nitrogens with zero attached hydrogens (tertiary/aromatic N) is 1. The van der Waals surface area contributed by atoms with Crippen LogP contribution in [0.1, 0.15) is 25.1 Å². The van der Waals surface area contributed by atoms with E-state index >= 15 is 0 Å². The van der Waals surface area contributed by atoms with E-state index in [-0.39, 0.29) is 6.04 Å². The maximum atomic E-state index is 5.80. The minimum Gasteiger partial charge on any atom is -0.481 e. The van der Waals surface area contributed by atoms with Gasteiger partial charge in [0.05, 0.1) is 12.8 Å². The third-order valence-electron chi connectivity index (χ3n) is 1.77. The molecule has 0 spiro atoms. The van der Waals surface area contributed by atoms with Crippen LogP contribution in [0.4, 0.5) is 0 Å². The highest BCUT2D eigenvalue weighted by Gasteiger charge is 2.04. The molecule has 2 N–H and O–H groups in total. The van der Waals surface area contributed by atoms with Crippen molar-refractivity contribution in [3.8, 4) is 5.88 Å². The summed E-state index contributed by atoms with van der Waals surface area (Å²) in [7, 11) is 1.60. The molecule has 1 heterocycles. The number of methoxy groups -OCH3 is 1. The average Bonchev–Trinajstić information content (AvgIpc) is 2.17. The zero-order valence-corrected chi connectivity index (χ0v) is 7.45. The van der Waals surface area contributed by atoms with Crippen molar-refractivity contribution in [2.45, 2.75) is 19.4 Å². The molecule has 0 bridgehead atoms. The largest absolute Gasteiger partial charge is 0.481 e. The molecule has 0 aliphatic heterocycles. The van der Waals surface area contributed by atoms with Gasteiger partial charge in [0, 0.05) is 12.1 Å². The first-order valence-electron chi connectivity index (χ1n) is 4.04. The van der Waals surface area contributed by atoms with Crippen molar-refractivity contribution >= 4 is 0 Å². The Balaban J connectivity index is 2.86. The van der Waals surface area contributed by atoms with Gasteiger partial charge in [-0.1, -0.05) is 13.0 Å². The van der Waals surface area contributed by atoms with Gasteiger partial charge in [0.1, 0.15) is 0 Å². The van der Waals surface area contributed by atoms with Crippen molar-refractivity contribution in [3.05, 3.63) is 23.9 Å². The fraction of sp³-hybridized carbons (Fsp3) is 0.444. The van der Waals surface area contributed by atoms with Gasteiger partial charge in [-0.3, -0.25) is 0 Å². The van der Waals surface area contributed by atoms with Gasteiger partial charge in [-0.25, -0.2) is 4.98 Å². The Hall–Kier alpha value is -1.09. The summed E-state index contributed by atoms with van der Waals surface area (Å²) >= 11 is 0. The molecule has 0 saturated carbocycles. The highest BCUT2D eigenvalue weighted by Crippen LogP contribution is 2.14. The van der Waals surface area contributed by atoms with Crippen molar-refractivity contribution in [1.82, 2.24) is 4.98 Å². The first-order valence-corrected chi connectivity index (χ1v) is 4.04. The summed E-state index contributed by atoms with van der Waals surface area (Å²) < 4.78 is 4.98. The van der Waals surface area contributed by atoms with Crippen LogP contribution in [0.5, 0.6) is 5.88 Å². The first kappa shape index (κ1) is 9.00. The molecule has 0 amide bonds. The van der Waals surface area contributed by atoms with Gasteiger partial charge in [-0.15, -0.1) is 0 Å². The number of pyridine rings is 1. The van der Waals surface area contributed by atoms with Crippen LogP contribution in [-0.2, 0) is 0 Å². The quantitative estimate of drug-likeness (QED) is 0.740. The molecule has 1 aromatic rings. The second kappa shape index (κ2) is 4.07. The number of aromatic nitrogens is 1. The van der Waals surface area contributed by atoms with E-state index in [1.165, 1.54) is 0 Å². The molecule has 0 aliphatic rings. The van der Waals surface area contributed by atoms with Crippen LogP contribution in [0.25, 0.3) is 0 Å². The molecule has 0 saturated heterocycles. The second-order valence-corrected chi connectivity index (χ2v) is 2.62. The molecule has 0 aromatic carbocycles. The average molecular weight is 166 g/mol. The van der Waals surface area contributed by atoms with Crippen molar-refractivity contribution in [1.29, 1.82) is 0 Å². The summed E-state index contributed by atoms with van der Waals surface area (Å²) in [6.45, 7) is 2.03. The summed E-state index contributed by atoms with van der Waals surface area (Å²) in [5.41, 5.74) is 6.69. The Morgan fingerprint density at radius 3 is 2.92 bits per heavy atom. The molecule has 1 atom stereocenters. The van der Waals surface area contributed by atoms with Crippen LogP contribution in [0.3, 0.4) is 0 Å². The van der Waals surface area contributed by atoms with Crippen molar-refractivity contribution in [2.24, 2.45) is 5.73 Å².